The van der Waals surface area contributed by atoms with Crippen molar-refractivity contribution in [1.82, 2.24) is 4.57 Å². The van der Waals surface area contributed by atoms with Gasteiger partial charge < -0.3 is 23.9 Å². The molecule has 1 N–H and O–H groups in total. The summed E-state index contributed by atoms with van der Waals surface area (Å²) in [5.41, 5.74) is 0.249. The summed E-state index contributed by atoms with van der Waals surface area (Å²) in [6.07, 6.45) is 1.24. The number of carboxylic acid groups (broad SMARTS) is 1. The van der Waals surface area contributed by atoms with Gasteiger partial charge in [-0.25, -0.2) is 9.59 Å². The molecule has 0 aliphatic heterocycles. The molecule has 4 aromatic rings. The Kier molecular flexibility index (Phi) is 7.02. The topological polar surface area (TPSA) is 104 Å². The molecule has 190 valence electrons. The van der Waals surface area contributed by atoms with E-state index in [2.05, 4.69) is 0 Å². The molecule has 0 aliphatic carbocycles. The second-order valence-electron chi connectivity index (χ2n) is 9.42. The Balaban J connectivity index is 1.88. The van der Waals surface area contributed by atoms with Gasteiger partial charge in [-0.3, -0.25) is 4.79 Å². The molecule has 0 unspecified atom stereocenters. The Morgan fingerprint density at radius 1 is 0.946 bits per heavy atom. The van der Waals surface area contributed by atoms with E-state index < -0.39 is 28.5 Å². The second-order valence-corrected chi connectivity index (χ2v) is 9.42. The molecule has 8 heteroatoms. The lowest BCUT2D eigenvalue weighted by Gasteiger charge is -2.20. The van der Waals surface area contributed by atoms with Crippen LogP contribution in [0.2, 0.25) is 0 Å². The molecule has 0 saturated heterocycles. The number of fused-ring (bicyclic) bond motifs is 1. The van der Waals surface area contributed by atoms with E-state index in [-0.39, 0.29) is 10.9 Å². The summed E-state index contributed by atoms with van der Waals surface area (Å²) < 4.78 is 18.4. The average Bonchev–Trinajstić information content (AvgIpc) is 2.86. The van der Waals surface area contributed by atoms with Gasteiger partial charge in [0.05, 0.1) is 23.9 Å². The van der Waals surface area contributed by atoms with Crippen LogP contribution >= 0.6 is 0 Å². The molecule has 0 aliphatic rings. The van der Waals surface area contributed by atoms with Crippen LogP contribution in [0.5, 0.6) is 11.5 Å². The highest BCUT2D eigenvalue weighted by Gasteiger charge is 2.21. The zero-order valence-corrected chi connectivity index (χ0v) is 21.0. The quantitative estimate of drug-likeness (QED) is 0.346. The molecule has 1 heterocycles. The zero-order valence-electron chi connectivity index (χ0n) is 21.0. The zero-order chi connectivity index (χ0) is 26.7. The molecule has 0 saturated carbocycles. The van der Waals surface area contributed by atoms with Crippen LogP contribution in [-0.2, 0) is 11.3 Å². The predicted molar refractivity (Wildman–Crippen MR) is 139 cm³/mol. The van der Waals surface area contributed by atoms with Crippen molar-refractivity contribution in [1.29, 1.82) is 0 Å². The van der Waals surface area contributed by atoms with E-state index >= 15 is 0 Å². The Bertz CT molecular complexity index is 1530. The van der Waals surface area contributed by atoms with E-state index in [9.17, 15) is 19.5 Å². The van der Waals surface area contributed by atoms with Gasteiger partial charge in [-0.05, 0) is 50.6 Å². The highest BCUT2D eigenvalue weighted by atomic mass is 16.6. The van der Waals surface area contributed by atoms with Gasteiger partial charge in [-0.15, -0.1) is 0 Å². The van der Waals surface area contributed by atoms with Crippen LogP contribution in [0.3, 0.4) is 0 Å². The first-order chi connectivity index (χ1) is 17.6. The van der Waals surface area contributed by atoms with Crippen LogP contribution in [0.15, 0.2) is 77.7 Å². The lowest BCUT2D eigenvalue weighted by atomic mass is 10.1. The monoisotopic (exact) mass is 501 g/mol. The van der Waals surface area contributed by atoms with E-state index in [1.54, 1.807) is 45.0 Å². The molecule has 0 amide bonds. The molecule has 0 spiro atoms. The predicted octanol–water partition coefficient (Wildman–Crippen LogP) is 5.23. The molecule has 0 atom stereocenters. The van der Waals surface area contributed by atoms with Gasteiger partial charge in [0.25, 0.3) is 0 Å². The molecule has 1 aromatic heterocycles. The molecular formula is C29H27NO7. The Morgan fingerprint density at radius 3 is 2.32 bits per heavy atom. The molecule has 37 heavy (non-hydrogen) atoms. The fraction of sp³-hybridized carbons (Fsp3) is 0.207. The highest BCUT2D eigenvalue weighted by Crippen LogP contribution is 2.27. The summed E-state index contributed by atoms with van der Waals surface area (Å²) in [5, 5.41) is 9.88. The van der Waals surface area contributed by atoms with Gasteiger partial charge in [0, 0.05) is 23.7 Å². The van der Waals surface area contributed by atoms with Crippen LogP contribution in [0.25, 0.3) is 16.6 Å². The number of carbonyl (C=O) groups is 2. The number of hydrogen-bond acceptors (Lipinski definition) is 6. The normalized spacial score (nSPS) is 11.2. The fourth-order valence-corrected chi connectivity index (χ4v) is 3.80. The first-order valence-corrected chi connectivity index (χ1v) is 11.6. The number of nitrogens with zero attached hydrogens (tertiary/aromatic N) is 1. The molecule has 0 fully saturated rings. The van der Waals surface area contributed by atoms with E-state index in [1.165, 1.54) is 30.0 Å². The SMILES string of the molecule is COc1cc(C(=O)OC(C)(C)C)cc(-n2cc(C(=O)O)c(=O)c3ccc(OCc4ccccc4)cc32)c1. The van der Waals surface area contributed by atoms with Crippen molar-refractivity contribution in [2.45, 2.75) is 33.0 Å². The fourth-order valence-electron chi connectivity index (χ4n) is 3.80. The van der Waals surface area contributed by atoms with Gasteiger partial charge in [-0.1, -0.05) is 30.3 Å². The molecule has 0 radical (unpaired) electrons. The average molecular weight is 502 g/mol. The van der Waals surface area contributed by atoms with Crippen molar-refractivity contribution in [3.63, 3.8) is 0 Å². The van der Waals surface area contributed by atoms with Crippen molar-refractivity contribution in [3.8, 4) is 17.2 Å². The third kappa shape index (κ3) is 5.81. The number of aromatic carboxylic acids is 1. The highest BCUT2D eigenvalue weighted by molar-refractivity contribution is 5.94. The van der Waals surface area contributed by atoms with Crippen LogP contribution in [0.1, 0.15) is 47.1 Å². The number of pyridine rings is 1. The maximum absolute atomic E-state index is 13.0. The van der Waals surface area contributed by atoms with Crippen LogP contribution in [0, 0.1) is 0 Å². The number of carboxylic acids is 1. The Hall–Kier alpha value is -4.59. The molecule has 4 rings (SSSR count). The lowest BCUT2D eigenvalue weighted by molar-refractivity contribution is 0.00689. The number of aromatic nitrogens is 1. The van der Waals surface area contributed by atoms with Gasteiger partial charge in [0.15, 0.2) is 0 Å². The minimum absolute atomic E-state index is 0.189. The van der Waals surface area contributed by atoms with Gasteiger partial charge in [0.1, 0.15) is 29.3 Å². The van der Waals surface area contributed by atoms with Crippen LogP contribution in [-0.4, -0.2) is 34.3 Å². The van der Waals surface area contributed by atoms with Crippen molar-refractivity contribution in [3.05, 3.63) is 99.8 Å². The molecular weight excluding hydrogens is 474 g/mol. The lowest BCUT2D eigenvalue weighted by Crippen LogP contribution is -2.24. The number of hydrogen-bond donors (Lipinski definition) is 1. The number of esters is 1. The van der Waals surface area contributed by atoms with E-state index in [1.807, 2.05) is 30.3 Å². The second kappa shape index (κ2) is 10.2. The summed E-state index contributed by atoms with van der Waals surface area (Å²) in [5.74, 6) is -1.08. The van der Waals surface area contributed by atoms with E-state index in [0.29, 0.717) is 29.3 Å². The smallest absolute Gasteiger partial charge is 0.341 e. The third-order valence-electron chi connectivity index (χ3n) is 5.49. The number of methoxy groups -OCH3 is 1. The maximum atomic E-state index is 13.0. The molecule has 0 bridgehead atoms. The van der Waals surface area contributed by atoms with Crippen molar-refractivity contribution < 1.29 is 28.9 Å². The van der Waals surface area contributed by atoms with Crippen LogP contribution in [0.4, 0.5) is 0 Å². The van der Waals surface area contributed by atoms with Crippen LogP contribution < -0.4 is 14.9 Å². The number of carbonyl (C=O) groups excluding carboxylic acids is 1. The maximum Gasteiger partial charge on any atom is 0.341 e. The number of ether oxygens (including phenoxy) is 3. The largest absolute Gasteiger partial charge is 0.497 e. The molecule has 8 nitrogen and oxygen atoms in total. The first kappa shape index (κ1) is 25.5. The van der Waals surface area contributed by atoms with Crippen molar-refractivity contribution >= 4 is 22.8 Å². The minimum Gasteiger partial charge on any atom is -0.497 e. The van der Waals surface area contributed by atoms with E-state index in [4.69, 9.17) is 14.2 Å². The summed E-state index contributed by atoms with van der Waals surface area (Å²) in [6.45, 7) is 5.59. The van der Waals surface area contributed by atoms with Gasteiger partial charge in [0.2, 0.25) is 5.43 Å². The summed E-state index contributed by atoms with van der Waals surface area (Å²) in [7, 11) is 1.46. The standard InChI is InChI=1S/C29H27NO7/c1-29(2,3)37-28(34)19-12-20(14-22(13-19)35-4)30-16-24(27(32)33)26(31)23-11-10-21(15-25(23)30)36-17-18-8-6-5-7-9-18/h5-16H,17H2,1-4H3,(H,32,33). The van der Waals surface area contributed by atoms with Gasteiger partial charge >= 0.3 is 11.9 Å². The van der Waals surface area contributed by atoms with Gasteiger partial charge in [-0.2, -0.15) is 0 Å². The third-order valence-corrected chi connectivity index (χ3v) is 5.49. The summed E-state index contributed by atoms with van der Waals surface area (Å²) in [6, 6.07) is 19.2. The molecule has 3 aromatic carbocycles. The van der Waals surface area contributed by atoms with E-state index in [0.717, 1.165) is 5.56 Å². The van der Waals surface area contributed by atoms with Crippen molar-refractivity contribution in [2.75, 3.05) is 7.11 Å². The minimum atomic E-state index is -1.36. The number of rotatable bonds is 7. The number of benzene rings is 3. The Labute approximate surface area is 213 Å². The summed E-state index contributed by atoms with van der Waals surface area (Å²) >= 11 is 0. The Morgan fingerprint density at radius 2 is 1.68 bits per heavy atom. The van der Waals surface area contributed by atoms with Crippen molar-refractivity contribution in [2.24, 2.45) is 0 Å². The summed E-state index contributed by atoms with van der Waals surface area (Å²) in [4.78, 5) is 37.7. The first-order valence-electron chi connectivity index (χ1n) is 11.6.